The number of carbonyl (C=O) groups excluding carboxylic acids is 1. The summed E-state index contributed by atoms with van der Waals surface area (Å²) in [4.78, 5) is 15.1. The maximum atomic E-state index is 12.6. The van der Waals surface area contributed by atoms with E-state index in [1.54, 1.807) is 12.1 Å². The highest BCUT2D eigenvalue weighted by atomic mass is 35.5. The number of nitrogens with zero attached hydrogens (tertiary/aromatic N) is 1. The van der Waals surface area contributed by atoms with Crippen LogP contribution in [-0.4, -0.2) is 31.0 Å². The number of nitrogen functional groups attached to an aromatic ring is 1. The lowest BCUT2D eigenvalue weighted by Gasteiger charge is -2.18. The quantitative estimate of drug-likeness (QED) is 0.761. The van der Waals surface area contributed by atoms with E-state index >= 15 is 0 Å². The van der Waals surface area contributed by atoms with Crippen molar-refractivity contribution in [3.8, 4) is 5.75 Å². The first-order valence-corrected chi connectivity index (χ1v) is 9.16. The summed E-state index contributed by atoms with van der Waals surface area (Å²) in [5, 5.41) is 3.30. The van der Waals surface area contributed by atoms with Crippen molar-refractivity contribution in [3.63, 3.8) is 0 Å². The fourth-order valence-electron chi connectivity index (χ4n) is 3.25. The van der Waals surface area contributed by atoms with E-state index in [0.717, 1.165) is 25.2 Å². The van der Waals surface area contributed by atoms with Crippen LogP contribution in [0, 0.1) is 0 Å². The molecule has 2 aromatic rings. The number of amides is 1. The van der Waals surface area contributed by atoms with Gasteiger partial charge in [0.15, 0.2) is 0 Å². The number of methoxy groups -OCH3 is 1. The Balaban J connectivity index is 1.71. The summed E-state index contributed by atoms with van der Waals surface area (Å²) < 4.78 is 5.26. The topological polar surface area (TPSA) is 67.6 Å². The predicted octanol–water partition coefficient (Wildman–Crippen LogP) is 3.46. The monoisotopic (exact) mass is 373 g/mol. The lowest BCUT2D eigenvalue weighted by molar-refractivity contribution is 0.0948. The molecule has 1 heterocycles. The van der Waals surface area contributed by atoms with E-state index in [-0.39, 0.29) is 5.91 Å². The predicted molar refractivity (Wildman–Crippen MR) is 105 cm³/mol. The van der Waals surface area contributed by atoms with Crippen molar-refractivity contribution >= 4 is 23.2 Å². The van der Waals surface area contributed by atoms with Crippen molar-refractivity contribution in [1.82, 2.24) is 10.2 Å². The molecule has 0 saturated carbocycles. The van der Waals surface area contributed by atoms with E-state index in [1.807, 2.05) is 12.1 Å². The first-order chi connectivity index (χ1) is 12.6. The van der Waals surface area contributed by atoms with Crippen LogP contribution in [0.4, 0.5) is 5.69 Å². The van der Waals surface area contributed by atoms with Gasteiger partial charge in [0.1, 0.15) is 5.75 Å². The molecule has 0 unspecified atom stereocenters. The Morgan fingerprint density at radius 2 is 1.92 bits per heavy atom. The molecule has 3 N–H and O–H groups in total. The van der Waals surface area contributed by atoms with Gasteiger partial charge in [0.25, 0.3) is 5.91 Å². The van der Waals surface area contributed by atoms with Crippen LogP contribution >= 0.6 is 11.6 Å². The fourth-order valence-corrected chi connectivity index (χ4v) is 3.42. The number of nitrogens with one attached hydrogen (secondary N) is 1. The number of likely N-dealkylation sites (tertiary alicyclic amines) is 1. The molecule has 1 saturated heterocycles. The van der Waals surface area contributed by atoms with Crippen molar-refractivity contribution in [3.05, 3.63) is 58.1 Å². The third kappa shape index (κ3) is 4.29. The van der Waals surface area contributed by atoms with Gasteiger partial charge in [-0.2, -0.15) is 0 Å². The second-order valence-electron chi connectivity index (χ2n) is 6.51. The lowest BCUT2D eigenvalue weighted by Crippen LogP contribution is -2.25. The number of halogens is 1. The van der Waals surface area contributed by atoms with Crippen molar-refractivity contribution in [2.24, 2.45) is 0 Å². The molecule has 0 aliphatic carbocycles. The first kappa shape index (κ1) is 18.5. The lowest BCUT2D eigenvalue weighted by atomic mass is 10.1. The Bertz CT molecular complexity index is 789. The smallest absolute Gasteiger partial charge is 0.255 e. The average molecular weight is 374 g/mol. The number of hydrogen-bond acceptors (Lipinski definition) is 4. The van der Waals surface area contributed by atoms with Gasteiger partial charge in [-0.15, -0.1) is 0 Å². The molecule has 138 valence electrons. The molecule has 26 heavy (non-hydrogen) atoms. The van der Waals surface area contributed by atoms with E-state index < -0.39 is 0 Å². The van der Waals surface area contributed by atoms with E-state index in [4.69, 9.17) is 22.1 Å². The van der Waals surface area contributed by atoms with Gasteiger partial charge in [0.2, 0.25) is 0 Å². The summed E-state index contributed by atoms with van der Waals surface area (Å²) in [5.74, 6) is 0.175. The normalized spacial score (nSPS) is 14.4. The Hall–Kier alpha value is -2.24. The highest BCUT2D eigenvalue weighted by Crippen LogP contribution is 2.28. The van der Waals surface area contributed by atoms with Gasteiger partial charge < -0.3 is 15.8 Å². The number of ether oxygens (including phenoxy) is 1. The van der Waals surface area contributed by atoms with Crippen LogP contribution in [0.15, 0.2) is 36.4 Å². The molecule has 3 rings (SSSR count). The summed E-state index contributed by atoms with van der Waals surface area (Å²) >= 11 is 6.06. The second kappa shape index (κ2) is 8.43. The third-order valence-corrected chi connectivity index (χ3v) is 5.04. The molecule has 0 bridgehead atoms. The van der Waals surface area contributed by atoms with Crippen molar-refractivity contribution < 1.29 is 9.53 Å². The van der Waals surface area contributed by atoms with Crippen LogP contribution in [0.5, 0.6) is 5.75 Å². The minimum Gasteiger partial charge on any atom is -0.496 e. The molecule has 0 atom stereocenters. The largest absolute Gasteiger partial charge is 0.496 e. The molecular weight excluding hydrogens is 350 g/mol. The maximum Gasteiger partial charge on any atom is 0.255 e. The van der Waals surface area contributed by atoms with Gasteiger partial charge in [0.05, 0.1) is 23.4 Å². The van der Waals surface area contributed by atoms with Crippen LogP contribution in [0.3, 0.4) is 0 Å². The molecule has 1 amide bonds. The zero-order chi connectivity index (χ0) is 18.5. The van der Waals surface area contributed by atoms with Crippen molar-refractivity contribution in [2.75, 3.05) is 25.9 Å². The van der Waals surface area contributed by atoms with Crippen molar-refractivity contribution in [1.29, 1.82) is 0 Å². The number of anilines is 1. The van der Waals surface area contributed by atoms with Gasteiger partial charge in [-0.1, -0.05) is 35.9 Å². The third-order valence-electron chi connectivity index (χ3n) is 4.71. The number of benzene rings is 2. The summed E-state index contributed by atoms with van der Waals surface area (Å²) in [6.07, 6.45) is 2.52. The van der Waals surface area contributed by atoms with Gasteiger partial charge >= 0.3 is 0 Å². The Morgan fingerprint density at radius 3 is 2.62 bits per heavy atom. The molecule has 1 fully saturated rings. The minimum absolute atomic E-state index is 0.236. The Labute approximate surface area is 159 Å². The van der Waals surface area contributed by atoms with Gasteiger partial charge in [-0.3, -0.25) is 9.69 Å². The van der Waals surface area contributed by atoms with Crippen LogP contribution in [0.2, 0.25) is 5.02 Å². The van der Waals surface area contributed by atoms with Crippen LogP contribution < -0.4 is 15.8 Å². The zero-order valence-corrected chi connectivity index (χ0v) is 15.7. The molecule has 0 aromatic heterocycles. The van der Waals surface area contributed by atoms with Crippen LogP contribution in [0.25, 0.3) is 0 Å². The molecule has 2 aromatic carbocycles. The number of carbonyl (C=O) groups is 1. The maximum absolute atomic E-state index is 12.6. The number of rotatable bonds is 6. The summed E-state index contributed by atoms with van der Waals surface area (Å²) in [5.41, 5.74) is 8.91. The van der Waals surface area contributed by atoms with E-state index in [0.29, 0.717) is 28.6 Å². The summed E-state index contributed by atoms with van der Waals surface area (Å²) in [6, 6.07) is 11.3. The van der Waals surface area contributed by atoms with E-state index in [2.05, 4.69) is 22.3 Å². The SMILES string of the molecule is COc1cc(N)c(Cl)cc1C(=O)NCc1ccccc1CN1CCCC1. The average Bonchev–Trinajstić information content (AvgIpc) is 3.15. The van der Waals surface area contributed by atoms with Crippen LogP contribution in [-0.2, 0) is 13.1 Å². The highest BCUT2D eigenvalue weighted by Gasteiger charge is 2.17. The Kier molecular flexibility index (Phi) is 6.01. The molecule has 0 spiro atoms. The van der Waals surface area contributed by atoms with E-state index in [9.17, 15) is 4.79 Å². The molecule has 1 aliphatic rings. The standard InChI is InChI=1S/C20H24ClN3O2/c1-26-19-11-18(22)17(21)10-16(19)20(25)23-12-14-6-2-3-7-15(14)13-24-8-4-5-9-24/h2-3,6-7,10-11H,4-5,8-9,12-13,22H2,1H3,(H,23,25). The van der Waals surface area contributed by atoms with Gasteiger partial charge in [-0.05, 0) is 43.1 Å². The summed E-state index contributed by atoms with van der Waals surface area (Å²) in [7, 11) is 1.50. The zero-order valence-electron chi connectivity index (χ0n) is 14.9. The fraction of sp³-hybridized carbons (Fsp3) is 0.350. The van der Waals surface area contributed by atoms with Crippen LogP contribution in [0.1, 0.15) is 34.3 Å². The highest BCUT2D eigenvalue weighted by molar-refractivity contribution is 6.33. The van der Waals surface area contributed by atoms with E-state index in [1.165, 1.54) is 25.5 Å². The molecule has 6 heteroatoms. The molecular formula is C20H24ClN3O2. The second-order valence-corrected chi connectivity index (χ2v) is 6.92. The first-order valence-electron chi connectivity index (χ1n) is 8.79. The molecule has 5 nitrogen and oxygen atoms in total. The summed E-state index contributed by atoms with van der Waals surface area (Å²) in [6.45, 7) is 3.65. The Morgan fingerprint density at radius 1 is 1.23 bits per heavy atom. The molecule has 0 radical (unpaired) electrons. The number of hydrogen-bond donors (Lipinski definition) is 2. The van der Waals surface area contributed by atoms with Gasteiger partial charge in [0, 0.05) is 19.2 Å². The molecule has 1 aliphatic heterocycles. The van der Waals surface area contributed by atoms with Crippen molar-refractivity contribution in [2.45, 2.75) is 25.9 Å². The minimum atomic E-state index is -0.236. The number of nitrogens with two attached hydrogens (primary N) is 1. The van der Waals surface area contributed by atoms with Gasteiger partial charge in [-0.25, -0.2) is 0 Å².